The van der Waals surface area contributed by atoms with Crippen molar-refractivity contribution in [2.45, 2.75) is 5.92 Å². The number of benzene rings is 3. The summed E-state index contributed by atoms with van der Waals surface area (Å²) in [7, 11) is 0. The molecule has 0 unspecified atom stereocenters. The highest BCUT2D eigenvalue weighted by atomic mass is 16.5. The molecule has 0 aliphatic heterocycles. The van der Waals surface area contributed by atoms with Crippen LogP contribution in [0.3, 0.4) is 0 Å². The van der Waals surface area contributed by atoms with Crippen molar-refractivity contribution in [2.75, 3.05) is 57.2 Å². The lowest BCUT2D eigenvalue weighted by molar-refractivity contribution is 0.0511. The third kappa shape index (κ3) is 7.26. The van der Waals surface area contributed by atoms with E-state index in [0.717, 1.165) is 22.3 Å². The molecule has 3 aromatic carbocycles. The Kier molecular flexibility index (Phi) is 9.74. The lowest BCUT2D eigenvalue weighted by atomic mass is 9.98. The molecule has 2 amide bonds. The zero-order valence-corrected chi connectivity index (χ0v) is 21.3. The van der Waals surface area contributed by atoms with Crippen molar-refractivity contribution in [1.82, 2.24) is 5.32 Å². The molecule has 0 fully saturated rings. The summed E-state index contributed by atoms with van der Waals surface area (Å²) in [5.41, 5.74) is 19.7. The molecule has 11 nitrogen and oxygen atoms in total. The van der Waals surface area contributed by atoms with E-state index >= 15 is 0 Å². The van der Waals surface area contributed by atoms with Crippen molar-refractivity contribution in [3.8, 4) is 11.1 Å². The molecule has 0 aromatic heterocycles. The number of nitrogen functional groups attached to an aromatic ring is 1. The summed E-state index contributed by atoms with van der Waals surface area (Å²) in [6.07, 6.45) is -0.656. The van der Waals surface area contributed by atoms with Gasteiger partial charge in [-0.05, 0) is 46.0 Å². The molecular weight excluding hydrogens is 500 g/mol. The van der Waals surface area contributed by atoms with Crippen molar-refractivity contribution >= 4 is 23.4 Å². The van der Waals surface area contributed by atoms with Gasteiger partial charge in [-0.1, -0.05) is 53.6 Å². The SMILES string of the molecule is [N-]=[N+]=NCCOCCOCCNC(=O)c1ccc(N)c(NC(=O)OCC2c3ccccc3-c3ccccc32)c1. The summed E-state index contributed by atoms with van der Waals surface area (Å²) in [6, 6.07) is 20.8. The smallest absolute Gasteiger partial charge is 0.411 e. The molecule has 3 aromatic rings. The predicted molar refractivity (Wildman–Crippen MR) is 148 cm³/mol. The maximum atomic E-state index is 12.7. The average molecular weight is 531 g/mol. The number of nitrogens with zero attached hydrogens (tertiary/aromatic N) is 3. The molecule has 39 heavy (non-hydrogen) atoms. The maximum absolute atomic E-state index is 12.7. The third-order valence-corrected chi connectivity index (χ3v) is 6.20. The molecule has 0 bridgehead atoms. The Labute approximate surface area is 225 Å². The average Bonchev–Trinajstić information content (AvgIpc) is 3.27. The zero-order valence-electron chi connectivity index (χ0n) is 21.3. The minimum Gasteiger partial charge on any atom is -0.448 e. The Morgan fingerprint density at radius 1 is 0.923 bits per heavy atom. The van der Waals surface area contributed by atoms with Crippen molar-refractivity contribution in [2.24, 2.45) is 5.11 Å². The molecule has 0 heterocycles. The van der Waals surface area contributed by atoms with Crippen LogP contribution in [0, 0.1) is 0 Å². The summed E-state index contributed by atoms with van der Waals surface area (Å²) < 4.78 is 16.2. The van der Waals surface area contributed by atoms with E-state index in [4.69, 9.17) is 25.5 Å². The number of carbonyl (C=O) groups excluding carboxylic acids is 2. The second-order valence-electron chi connectivity index (χ2n) is 8.69. The number of hydrogen-bond donors (Lipinski definition) is 3. The largest absolute Gasteiger partial charge is 0.448 e. The molecule has 202 valence electrons. The van der Waals surface area contributed by atoms with Crippen LogP contribution >= 0.6 is 0 Å². The molecule has 11 heteroatoms. The Balaban J connectivity index is 1.24. The van der Waals surface area contributed by atoms with E-state index in [-0.39, 0.29) is 37.2 Å². The van der Waals surface area contributed by atoms with Gasteiger partial charge in [0.1, 0.15) is 6.61 Å². The van der Waals surface area contributed by atoms with E-state index < -0.39 is 6.09 Å². The van der Waals surface area contributed by atoms with Gasteiger partial charge in [-0.2, -0.15) is 0 Å². The number of amides is 2. The monoisotopic (exact) mass is 530 g/mol. The van der Waals surface area contributed by atoms with Gasteiger partial charge in [0.2, 0.25) is 0 Å². The summed E-state index contributed by atoms with van der Waals surface area (Å²) in [5.74, 6) is -0.399. The Morgan fingerprint density at radius 2 is 1.59 bits per heavy atom. The lowest BCUT2D eigenvalue weighted by Crippen LogP contribution is -2.28. The number of azide groups is 1. The highest BCUT2D eigenvalue weighted by Crippen LogP contribution is 2.44. The van der Waals surface area contributed by atoms with Crippen LogP contribution in [-0.2, 0) is 14.2 Å². The molecule has 0 atom stereocenters. The lowest BCUT2D eigenvalue weighted by Gasteiger charge is -2.15. The first-order chi connectivity index (χ1) is 19.1. The van der Waals surface area contributed by atoms with Gasteiger partial charge in [-0.25, -0.2) is 4.79 Å². The van der Waals surface area contributed by atoms with Crippen LogP contribution in [0.15, 0.2) is 71.8 Å². The number of fused-ring (bicyclic) bond motifs is 3. The van der Waals surface area contributed by atoms with Crippen LogP contribution in [0.4, 0.5) is 16.2 Å². The molecule has 4 N–H and O–H groups in total. The highest BCUT2D eigenvalue weighted by molar-refractivity contribution is 5.98. The predicted octanol–water partition coefficient (Wildman–Crippen LogP) is 4.70. The van der Waals surface area contributed by atoms with E-state index in [1.807, 2.05) is 24.3 Å². The fraction of sp³-hybridized carbons (Fsp3) is 0.286. The number of nitrogens with one attached hydrogen (secondary N) is 2. The summed E-state index contributed by atoms with van der Waals surface area (Å²) in [4.78, 5) is 27.8. The quantitative estimate of drug-likeness (QED) is 0.0954. The highest BCUT2D eigenvalue weighted by Gasteiger charge is 2.29. The fourth-order valence-corrected chi connectivity index (χ4v) is 4.36. The number of anilines is 2. The van der Waals surface area contributed by atoms with Gasteiger partial charge in [0.15, 0.2) is 0 Å². The number of hydrogen-bond acceptors (Lipinski definition) is 7. The van der Waals surface area contributed by atoms with Gasteiger partial charge in [0.25, 0.3) is 5.91 Å². The molecule has 4 rings (SSSR count). The van der Waals surface area contributed by atoms with Crippen molar-refractivity contribution in [1.29, 1.82) is 0 Å². The second-order valence-corrected chi connectivity index (χ2v) is 8.69. The standard InChI is InChI=1S/C28H30N6O5/c29-25-10-9-19(27(35)31-11-13-37-15-16-38-14-12-32-34-30)17-26(25)33-28(36)39-18-24-22-7-3-1-5-20(22)21-6-2-4-8-23(21)24/h1-10,17,24H,11-16,18,29H2,(H,31,35)(H,33,36). The topological polar surface area (TPSA) is 161 Å². The van der Waals surface area contributed by atoms with Crippen LogP contribution in [0.1, 0.15) is 27.4 Å². The van der Waals surface area contributed by atoms with Gasteiger partial charge in [0, 0.05) is 29.5 Å². The molecule has 1 aliphatic carbocycles. The zero-order chi connectivity index (χ0) is 27.5. The Morgan fingerprint density at radius 3 is 2.28 bits per heavy atom. The van der Waals surface area contributed by atoms with Crippen molar-refractivity contribution in [3.05, 3.63) is 93.9 Å². The van der Waals surface area contributed by atoms with Gasteiger partial charge >= 0.3 is 6.09 Å². The molecular formula is C28H30N6O5. The molecule has 1 aliphatic rings. The number of rotatable bonds is 13. The molecule has 0 radical (unpaired) electrons. The van der Waals surface area contributed by atoms with Crippen molar-refractivity contribution in [3.63, 3.8) is 0 Å². The normalized spacial score (nSPS) is 11.7. The van der Waals surface area contributed by atoms with Gasteiger partial charge in [-0.15, -0.1) is 0 Å². The van der Waals surface area contributed by atoms with Crippen molar-refractivity contribution < 1.29 is 23.8 Å². The number of carbonyl (C=O) groups is 2. The van der Waals surface area contributed by atoms with Crippen LogP contribution in [0.2, 0.25) is 0 Å². The first-order valence-electron chi connectivity index (χ1n) is 12.5. The summed E-state index contributed by atoms with van der Waals surface area (Å²) in [6.45, 7) is 2.06. The summed E-state index contributed by atoms with van der Waals surface area (Å²) in [5, 5.41) is 8.77. The van der Waals surface area contributed by atoms with E-state index in [0.29, 0.717) is 37.7 Å². The third-order valence-electron chi connectivity index (χ3n) is 6.20. The van der Waals surface area contributed by atoms with E-state index in [1.165, 1.54) is 6.07 Å². The first-order valence-corrected chi connectivity index (χ1v) is 12.5. The minimum atomic E-state index is -0.656. The minimum absolute atomic E-state index is 0.0656. The van der Waals surface area contributed by atoms with E-state index in [9.17, 15) is 9.59 Å². The summed E-state index contributed by atoms with van der Waals surface area (Å²) >= 11 is 0. The van der Waals surface area contributed by atoms with Crippen LogP contribution in [0.25, 0.3) is 21.6 Å². The molecule has 0 saturated carbocycles. The van der Waals surface area contributed by atoms with Crippen LogP contribution in [-0.4, -0.2) is 58.1 Å². The van der Waals surface area contributed by atoms with E-state index in [1.54, 1.807) is 12.1 Å². The second kappa shape index (κ2) is 13.8. The van der Waals surface area contributed by atoms with Gasteiger partial charge < -0.3 is 25.3 Å². The Hall–Kier alpha value is -4.57. The maximum Gasteiger partial charge on any atom is 0.411 e. The van der Waals surface area contributed by atoms with E-state index in [2.05, 4.69) is 44.9 Å². The molecule has 0 saturated heterocycles. The van der Waals surface area contributed by atoms with Crippen LogP contribution in [0.5, 0.6) is 0 Å². The van der Waals surface area contributed by atoms with Crippen LogP contribution < -0.4 is 16.4 Å². The first kappa shape index (κ1) is 27.5. The molecule has 0 spiro atoms. The number of nitrogens with two attached hydrogens (primary N) is 1. The number of ether oxygens (including phenoxy) is 3. The van der Waals surface area contributed by atoms with Gasteiger partial charge in [0.05, 0.1) is 37.8 Å². The van der Waals surface area contributed by atoms with Gasteiger partial charge in [-0.3, -0.25) is 10.1 Å². The Bertz CT molecular complexity index is 1310. The fourth-order valence-electron chi connectivity index (χ4n) is 4.36.